The van der Waals surface area contributed by atoms with Crippen molar-refractivity contribution in [2.75, 3.05) is 51.2 Å². The first-order valence-corrected chi connectivity index (χ1v) is 10.9. The number of anilines is 1. The van der Waals surface area contributed by atoms with Gasteiger partial charge < -0.3 is 10.1 Å². The molecule has 1 N–H and O–H groups in total. The molecule has 0 saturated carbocycles. The molecule has 1 aliphatic rings. The van der Waals surface area contributed by atoms with E-state index in [1.54, 1.807) is 0 Å². The van der Waals surface area contributed by atoms with Gasteiger partial charge in [0.2, 0.25) is 5.91 Å². The Balaban J connectivity index is 1.41. The average molecular weight is 430 g/mol. The number of rotatable bonds is 7. The highest BCUT2D eigenvalue weighted by atomic mass is 35.5. The number of para-hydroxylation sites is 2. The van der Waals surface area contributed by atoms with Crippen molar-refractivity contribution >= 4 is 23.2 Å². The van der Waals surface area contributed by atoms with Gasteiger partial charge in [-0.3, -0.25) is 14.6 Å². The zero-order valence-corrected chi connectivity index (χ0v) is 18.9. The fourth-order valence-electron chi connectivity index (χ4n) is 3.66. The van der Waals surface area contributed by atoms with Crippen molar-refractivity contribution in [1.82, 2.24) is 9.80 Å². The third kappa shape index (κ3) is 6.46. The number of hydrogen-bond donors (Lipinski definition) is 1. The summed E-state index contributed by atoms with van der Waals surface area (Å²) in [5.41, 5.74) is 2.05. The Bertz CT molecular complexity index is 842. The molecule has 0 radical (unpaired) electrons. The molecule has 1 aliphatic heterocycles. The van der Waals surface area contributed by atoms with Crippen LogP contribution in [0.5, 0.6) is 5.75 Å². The monoisotopic (exact) mass is 429 g/mol. The smallest absolute Gasteiger partial charge is 0.238 e. The van der Waals surface area contributed by atoms with Crippen molar-refractivity contribution < 1.29 is 9.53 Å². The van der Waals surface area contributed by atoms with Gasteiger partial charge in [0.15, 0.2) is 0 Å². The molecule has 1 saturated heterocycles. The van der Waals surface area contributed by atoms with Crippen LogP contribution in [0.2, 0.25) is 5.02 Å². The van der Waals surface area contributed by atoms with Gasteiger partial charge in [-0.15, -0.1) is 0 Å². The number of nitrogens with one attached hydrogen (secondary N) is 1. The lowest BCUT2D eigenvalue weighted by molar-refractivity contribution is -0.117. The largest absolute Gasteiger partial charge is 0.491 e. The van der Waals surface area contributed by atoms with E-state index < -0.39 is 0 Å². The first-order chi connectivity index (χ1) is 14.3. The normalized spacial score (nSPS) is 15.7. The Morgan fingerprint density at radius 2 is 1.63 bits per heavy atom. The first kappa shape index (κ1) is 22.6. The summed E-state index contributed by atoms with van der Waals surface area (Å²) >= 11 is 6.12. The van der Waals surface area contributed by atoms with Crippen LogP contribution in [0, 0.1) is 0 Å². The van der Waals surface area contributed by atoms with Crippen molar-refractivity contribution in [2.45, 2.75) is 26.2 Å². The predicted molar refractivity (Wildman–Crippen MR) is 124 cm³/mol. The molecule has 5 nitrogen and oxygen atoms in total. The third-order valence-corrected chi connectivity index (χ3v) is 5.66. The van der Waals surface area contributed by atoms with E-state index in [0.29, 0.717) is 18.2 Å². The van der Waals surface area contributed by atoms with E-state index in [-0.39, 0.29) is 11.3 Å². The summed E-state index contributed by atoms with van der Waals surface area (Å²) in [5.74, 6) is 0.771. The fraction of sp³-hybridized carbons (Fsp3) is 0.458. The summed E-state index contributed by atoms with van der Waals surface area (Å²) < 4.78 is 5.78. The van der Waals surface area contributed by atoms with E-state index in [4.69, 9.17) is 16.3 Å². The minimum absolute atomic E-state index is 0.0124. The Morgan fingerprint density at radius 3 is 2.33 bits per heavy atom. The molecule has 3 rings (SSSR count). The predicted octanol–water partition coefficient (Wildman–Crippen LogP) is 4.27. The zero-order chi connectivity index (χ0) is 21.6. The molecule has 1 fully saturated rings. The summed E-state index contributed by atoms with van der Waals surface area (Å²) in [6.07, 6.45) is 0. The first-order valence-electron chi connectivity index (χ1n) is 10.5. The van der Waals surface area contributed by atoms with E-state index >= 15 is 0 Å². The molecular weight excluding hydrogens is 398 g/mol. The maximum atomic E-state index is 12.6. The molecule has 0 aliphatic carbocycles. The second-order valence-electron chi connectivity index (χ2n) is 8.74. The molecule has 0 aromatic heterocycles. The van der Waals surface area contributed by atoms with Crippen LogP contribution in [0.4, 0.5) is 5.69 Å². The molecule has 1 amide bonds. The number of benzene rings is 2. The number of carbonyl (C=O) groups excluding carboxylic acids is 1. The number of nitrogens with zero attached hydrogens (tertiary/aromatic N) is 2. The average Bonchev–Trinajstić information content (AvgIpc) is 2.70. The Kier molecular flexibility index (Phi) is 7.75. The van der Waals surface area contributed by atoms with Crippen molar-refractivity contribution in [3.63, 3.8) is 0 Å². The quantitative estimate of drug-likeness (QED) is 0.713. The molecule has 0 atom stereocenters. The topological polar surface area (TPSA) is 44.8 Å². The van der Waals surface area contributed by atoms with Crippen LogP contribution in [0.25, 0.3) is 0 Å². The summed E-state index contributed by atoms with van der Waals surface area (Å²) in [7, 11) is 0. The molecule has 6 heteroatoms. The molecule has 30 heavy (non-hydrogen) atoms. The highest BCUT2D eigenvalue weighted by molar-refractivity contribution is 6.32. The second-order valence-corrected chi connectivity index (χ2v) is 9.15. The molecule has 0 bridgehead atoms. The minimum atomic E-state index is -0.0124. The third-order valence-electron chi connectivity index (χ3n) is 5.34. The standard InChI is InChI=1S/C24H32ClN3O2/c1-24(2,3)19-8-4-6-10-21(19)26-23(29)18-28-14-12-27(13-15-28)16-17-30-22-11-7-5-9-20(22)25/h4-11H,12-18H2,1-3H3,(H,26,29). The van der Waals surface area contributed by atoms with E-state index in [2.05, 4.69) is 42.0 Å². The number of piperazine rings is 1. The van der Waals surface area contributed by atoms with Gasteiger partial charge in [0.1, 0.15) is 12.4 Å². The van der Waals surface area contributed by atoms with Gasteiger partial charge in [-0.1, -0.05) is 62.7 Å². The van der Waals surface area contributed by atoms with Crippen LogP contribution in [0.3, 0.4) is 0 Å². The Morgan fingerprint density at radius 1 is 1.00 bits per heavy atom. The molecule has 1 heterocycles. The van der Waals surface area contributed by atoms with Crippen LogP contribution < -0.4 is 10.1 Å². The number of hydrogen-bond acceptors (Lipinski definition) is 4. The van der Waals surface area contributed by atoms with Crippen LogP contribution in [-0.2, 0) is 10.2 Å². The number of ether oxygens (including phenoxy) is 1. The van der Waals surface area contributed by atoms with E-state index in [1.165, 1.54) is 0 Å². The minimum Gasteiger partial charge on any atom is -0.491 e. The Hall–Kier alpha value is -2.08. The molecule has 162 valence electrons. The van der Waals surface area contributed by atoms with E-state index in [9.17, 15) is 4.79 Å². The number of halogens is 1. The van der Waals surface area contributed by atoms with Crippen LogP contribution in [0.1, 0.15) is 26.3 Å². The summed E-state index contributed by atoms with van der Waals surface area (Å²) in [5, 5.41) is 3.75. The Labute approximate surface area is 185 Å². The van der Waals surface area contributed by atoms with Crippen molar-refractivity contribution in [1.29, 1.82) is 0 Å². The van der Waals surface area contributed by atoms with Crippen LogP contribution in [-0.4, -0.2) is 61.6 Å². The lowest BCUT2D eigenvalue weighted by Gasteiger charge is -2.34. The molecule has 2 aromatic rings. The van der Waals surface area contributed by atoms with Gasteiger partial charge >= 0.3 is 0 Å². The molecule has 2 aromatic carbocycles. The highest BCUT2D eigenvalue weighted by Gasteiger charge is 2.21. The van der Waals surface area contributed by atoms with Crippen LogP contribution in [0.15, 0.2) is 48.5 Å². The highest BCUT2D eigenvalue weighted by Crippen LogP contribution is 2.29. The SMILES string of the molecule is CC(C)(C)c1ccccc1NC(=O)CN1CCN(CCOc2ccccc2Cl)CC1. The summed E-state index contributed by atoms with van der Waals surface area (Å²) in [4.78, 5) is 17.2. The van der Waals surface area contributed by atoms with E-state index in [0.717, 1.165) is 49.7 Å². The summed E-state index contributed by atoms with van der Waals surface area (Å²) in [6, 6.07) is 15.6. The van der Waals surface area contributed by atoms with Crippen molar-refractivity contribution in [3.05, 3.63) is 59.1 Å². The van der Waals surface area contributed by atoms with Crippen molar-refractivity contribution in [2.24, 2.45) is 0 Å². The zero-order valence-electron chi connectivity index (χ0n) is 18.2. The van der Waals surface area contributed by atoms with Gasteiger partial charge in [0.05, 0.1) is 11.6 Å². The maximum absolute atomic E-state index is 12.6. The fourth-order valence-corrected chi connectivity index (χ4v) is 3.85. The molecular formula is C24H32ClN3O2. The van der Waals surface area contributed by atoms with Gasteiger partial charge in [-0.2, -0.15) is 0 Å². The van der Waals surface area contributed by atoms with Gasteiger partial charge in [0, 0.05) is 38.4 Å². The maximum Gasteiger partial charge on any atom is 0.238 e. The number of amides is 1. The van der Waals surface area contributed by atoms with E-state index in [1.807, 2.05) is 42.5 Å². The van der Waals surface area contributed by atoms with Gasteiger partial charge in [-0.25, -0.2) is 0 Å². The molecule has 0 spiro atoms. The van der Waals surface area contributed by atoms with Gasteiger partial charge in [-0.05, 0) is 29.2 Å². The summed E-state index contributed by atoms with van der Waals surface area (Å²) in [6.45, 7) is 12.0. The second kappa shape index (κ2) is 10.3. The molecule has 0 unspecified atom stereocenters. The van der Waals surface area contributed by atoms with Crippen molar-refractivity contribution in [3.8, 4) is 5.75 Å². The van der Waals surface area contributed by atoms with Crippen LogP contribution >= 0.6 is 11.6 Å². The lowest BCUT2D eigenvalue weighted by Crippen LogP contribution is -2.49. The lowest BCUT2D eigenvalue weighted by atomic mass is 9.86. The number of carbonyl (C=O) groups is 1. The van der Waals surface area contributed by atoms with Gasteiger partial charge in [0.25, 0.3) is 0 Å².